The van der Waals surface area contributed by atoms with Gasteiger partial charge in [-0.25, -0.2) is 18.1 Å². The summed E-state index contributed by atoms with van der Waals surface area (Å²) in [5.74, 6) is 0.821. The second-order valence-electron chi connectivity index (χ2n) is 5.19. The molecule has 0 spiro atoms. The van der Waals surface area contributed by atoms with Crippen molar-refractivity contribution in [3.05, 3.63) is 18.2 Å². The van der Waals surface area contributed by atoms with Gasteiger partial charge in [-0.05, 0) is 25.8 Å². The third kappa shape index (κ3) is 6.49. The van der Waals surface area contributed by atoms with E-state index in [9.17, 15) is 8.42 Å². The van der Waals surface area contributed by atoms with E-state index in [1.807, 2.05) is 6.92 Å². The molecule has 6 nitrogen and oxygen atoms in total. The van der Waals surface area contributed by atoms with Gasteiger partial charge in [0.1, 0.15) is 5.82 Å². The summed E-state index contributed by atoms with van der Waals surface area (Å²) in [6.07, 6.45) is 5.51. The number of hydrogen-bond acceptors (Lipinski definition) is 4. The van der Waals surface area contributed by atoms with Gasteiger partial charge in [0, 0.05) is 18.4 Å². The lowest BCUT2D eigenvalue weighted by Gasteiger charge is -2.15. The van der Waals surface area contributed by atoms with E-state index in [1.165, 1.54) is 0 Å². The van der Waals surface area contributed by atoms with Crippen LogP contribution in [0.25, 0.3) is 0 Å². The highest BCUT2D eigenvalue weighted by molar-refractivity contribution is 7.89. The zero-order chi connectivity index (χ0) is 15.0. The maximum absolute atomic E-state index is 12.0. The highest BCUT2D eigenvalue weighted by Crippen LogP contribution is 2.13. The van der Waals surface area contributed by atoms with Crippen LogP contribution in [0.5, 0.6) is 0 Å². The van der Waals surface area contributed by atoms with E-state index in [2.05, 4.69) is 33.9 Å². The Balaban J connectivity index is 2.37. The molecular weight excluding hydrogens is 276 g/mol. The molecule has 1 unspecified atom stereocenters. The number of unbranched alkanes of at least 4 members (excludes halogenated alkanes) is 1. The average molecular weight is 302 g/mol. The molecule has 1 aromatic heterocycles. The highest BCUT2D eigenvalue weighted by Gasteiger charge is 2.19. The molecule has 1 atom stereocenters. The number of H-pyrrole nitrogens is 1. The fourth-order valence-corrected chi connectivity index (χ4v) is 3.30. The molecule has 3 N–H and O–H groups in total. The van der Waals surface area contributed by atoms with Crippen LogP contribution >= 0.6 is 0 Å². The Morgan fingerprint density at radius 2 is 2.10 bits per heavy atom. The summed E-state index contributed by atoms with van der Waals surface area (Å²) in [5, 5.41) is 3.28. The summed E-state index contributed by atoms with van der Waals surface area (Å²) < 4.78 is 26.7. The summed E-state index contributed by atoms with van der Waals surface area (Å²) >= 11 is 0. The van der Waals surface area contributed by atoms with Gasteiger partial charge in [0.15, 0.2) is 0 Å². The van der Waals surface area contributed by atoms with Crippen LogP contribution in [0, 0.1) is 0 Å². The second kappa shape index (κ2) is 8.39. The summed E-state index contributed by atoms with van der Waals surface area (Å²) in [6, 6.07) is 0.164. The fourth-order valence-electron chi connectivity index (χ4n) is 1.88. The van der Waals surface area contributed by atoms with E-state index in [0.29, 0.717) is 24.7 Å². The molecule has 0 bridgehead atoms. The molecule has 1 heterocycles. The normalized spacial score (nSPS) is 13.8. The van der Waals surface area contributed by atoms with Crippen LogP contribution in [0.2, 0.25) is 0 Å². The number of aromatic amines is 1. The predicted octanol–water partition coefficient (Wildman–Crippen LogP) is 1.56. The first-order chi connectivity index (χ1) is 9.44. The van der Waals surface area contributed by atoms with E-state index in [4.69, 9.17) is 0 Å². The van der Waals surface area contributed by atoms with Crippen molar-refractivity contribution >= 4 is 10.0 Å². The molecule has 0 radical (unpaired) electrons. The summed E-state index contributed by atoms with van der Waals surface area (Å²) in [4.78, 5) is 7.06. The first-order valence-corrected chi connectivity index (χ1v) is 8.82. The second-order valence-corrected chi connectivity index (χ2v) is 7.06. The molecule has 20 heavy (non-hydrogen) atoms. The van der Waals surface area contributed by atoms with Crippen molar-refractivity contribution < 1.29 is 8.42 Å². The van der Waals surface area contributed by atoms with Gasteiger partial charge in [0.2, 0.25) is 10.0 Å². The Morgan fingerprint density at radius 3 is 2.65 bits per heavy atom. The van der Waals surface area contributed by atoms with Crippen molar-refractivity contribution in [1.82, 2.24) is 20.0 Å². The number of nitrogens with one attached hydrogen (secondary N) is 3. The van der Waals surface area contributed by atoms with Crippen LogP contribution in [-0.4, -0.2) is 36.7 Å². The van der Waals surface area contributed by atoms with Gasteiger partial charge in [0.05, 0.1) is 11.8 Å². The van der Waals surface area contributed by atoms with Crippen LogP contribution in [0.15, 0.2) is 12.4 Å². The van der Waals surface area contributed by atoms with Gasteiger partial charge in [0.25, 0.3) is 0 Å². The monoisotopic (exact) mass is 302 g/mol. The van der Waals surface area contributed by atoms with Crippen LogP contribution in [0.4, 0.5) is 0 Å². The van der Waals surface area contributed by atoms with Crippen molar-refractivity contribution in [1.29, 1.82) is 0 Å². The molecule has 0 saturated heterocycles. The van der Waals surface area contributed by atoms with Crippen LogP contribution in [-0.2, 0) is 10.0 Å². The number of sulfonamides is 1. The minimum absolute atomic E-state index is 0.157. The minimum Gasteiger partial charge on any atom is -0.347 e. The minimum atomic E-state index is -3.26. The molecule has 0 fully saturated rings. The molecule has 0 aliphatic heterocycles. The molecule has 7 heteroatoms. The van der Waals surface area contributed by atoms with Crippen molar-refractivity contribution in [2.45, 2.75) is 52.1 Å². The van der Waals surface area contributed by atoms with Crippen LogP contribution < -0.4 is 10.0 Å². The Morgan fingerprint density at radius 1 is 1.35 bits per heavy atom. The topological polar surface area (TPSA) is 86.9 Å². The van der Waals surface area contributed by atoms with Crippen molar-refractivity contribution in [2.24, 2.45) is 0 Å². The summed E-state index contributed by atoms with van der Waals surface area (Å²) in [5.41, 5.74) is 0. The maximum Gasteiger partial charge on any atom is 0.212 e. The number of rotatable bonds is 10. The van der Waals surface area contributed by atoms with Gasteiger partial charge in [-0.15, -0.1) is 0 Å². The summed E-state index contributed by atoms with van der Waals surface area (Å²) in [7, 11) is -3.26. The molecule has 0 aromatic carbocycles. The molecular formula is C13H26N4O2S. The van der Waals surface area contributed by atoms with E-state index in [1.54, 1.807) is 12.4 Å². The lowest BCUT2D eigenvalue weighted by atomic mass is 10.2. The molecule has 0 aliphatic carbocycles. The molecule has 116 valence electrons. The molecule has 1 aromatic rings. The number of imidazole rings is 1. The molecule has 0 amide bonds. The van der Waals surface area contributed by atoms with E-state index in [0.717, 1.165) is 13.0 Å². The fraction of sp³-hybridized carbons (Fsp3) is 0.769. The first kappa shape index (κ1) is 17.1. The Labute approximate surface area is 121 Å². The van der Waals surface area contributed by atoms with Crippen LogP contribution in [0.1, 0.15) is 51.9 Å². The van der Waals surface area contributed by atoms with Gasteiger partial charge in [-0.3, -0.25) is 0 Å². The lowest BCUT2D eigenvalue weighted by Crippen LogP contribution is -2.31. The number of aromatic nitrogens is 2. The SMILES string of the molecule is CCC(NS(=O)(=O)CCCCNC(C)C)c1ncc[nH]1. The Bertz CT molecular complexity index is 457. The van der Waals surface area contributed by atoms with Gasteiger partial charge >= 0.3 is 0 Å². The van der Waals surface area contributed by atoms with Gasteiger partial charge < -0.3 is 10.3 Å². The smallest absolute Gasteiger partial charge is 0.212 e. The third-order valence-corrected chi connectivity index (χ3v) is 4.44. The quantitative estimate of drug-likeness (QED) is 0.572. The molecule has 0 saturated carbocycles. The standard InChI is InChI=1S/C13H26N4O2S/c1-4-12(13-15-8-9-16-13)17-20(18,19)10-6-5-7-14-11(2)3/h8-9,11-12,14,17H,4-7,10H2,1-3H3,(H,15,16). The highest BCUT2D eigenvalue weighted by atomic mass is 32.2. The first-order valence-electron chi connectivity index (χ1n) is 7.17. The zero-order valence-electron chi connectivity index (χ0n) is 12.5. The zero-order valence-corrected chi connectivity index (χ0v) is 13.3. The summed E-state index contributed by atoms with van der Waals surface area (Å²) in [6.45, 7) is 6.94. The average Bonchev–Trinajstić information content (AvgIpc) is 2.89. The largest absolute Gasteiger partial charge is 0.347 e. The lowest BCUT2D eigenvalue weighted by molar-refractivity contribution is 0.531. The van der Waals surface area contributed by atoms with E-state index >= 15 is 0 Å². The van der Waals surface area contributed by atoms with Crippen molar-refractivity contribution in [2.75, 3.05) is 12.3 Å². The van der Waals surface area contributed by atoms with Gasteiger partial charge in [-0.2, -0.15) is 0 Å². The Kier molecular flexibility index (Phi) is 7.18. The maximum atomic E-state index is 12.0. The molecule has 1 rings (SSSR count). The predicted molar refractivity (Wildman–Crippen MR) is 80.9 cm³/mol. The molecule has 0 aliphatic rings. The number of hydrogen-bond donors (Lipinski definition) is 3. The van der Waals surface area contributed by atoms with Gasteiger partial charge in [-0.1, -0.05) is 20.8 Å². The number of nitrogens with zero attached hydrogens (tertiary/aromatic N) is 1. The Hall–Kier alpha value is -0.920. The van der Waals surface area contributed by atoms with Crippen LogP contribution in [0.3, 0.4) is 0 Å². The van der Waals surface area contributed by atoms with E-state index in [-0.39, 0.29) is 11.8 Å². The third-order valence-electron chi connectivity index (χ3n) is 2.97. The van der Waals surface area contributed by atoms with E-state index < -0.39 is 10.0 Å². The van der Waals surface area contributed by atoms with Crippen molar-refractivity contribution in [3.8, 4) is 0 Å². The van der Waals surface area contributed by atoms with Crippen molar-refractivity contribution in [3.63, 3.8) is 0 Å².